The van der Waals surface area contributed by atoms with Crippen molar-refractivity contribution in [2.45, 2.75) is 12.5 Å². The lowest BCUT2D eigenvalue weighted by Crippen LogP contribution is -2.28. The van der Waals surface area contributed by atoms with E-state index in [9.17, 15) is 0 Å². The van der Waals surface area contributed by atoms with Crippen molar-refractivity contribution in [2.75, 3.05) is 4.90 Å². The van der Waals surface area contributed by atoms with Crippen LogP contribution in [0.25, 0.3) is 71.6 Å². The number of anilines is 2. The van der Waals surface area contributed by atoms with Crippen LogP contribution in [0.3, 0.4) is 0 Å². The van der Waals surface area contributed by atoms with Gasteiger partial charge in [-0.3, -0.25) is 0 Å². The van der Waals surface area contributed by atoms with Gasteiger partial charge in [0.25, 0.3) is 0 Å². The molecule has 0 N–H and O–H groups in total. The lowest BCUT2D eigenvalue weighted by atomic mass is 9.81. The molecule has 0 bridgehead atoms. The Morgan fingerprint density at radius 2 is 1.05 bits per heavy atom. The first-order valence-electron chi connectivity index (χ1n) is 19.5. The molecule has 0 spiro atoms. The number of hydrogen-bond donors (Lipinski definition) is 0. The second kappa shape index (κ2) is 13.3. The van der Waals surface area contributed by atoms with Gasteiger partial charge >= 0.3 is 0 Å². The Labute approximate surface area is 327 Å². The second-order valence-electron chi connectivity index (χ2n) is 14.9. The zero-order valence-electron chi connectivity index (χ0n) is 30.9. The van der Waals surface area contributed by atoms with Crippen molar-refractivity contribution < 1.29 is 0 Å². The fourth-order valence-corrected chi connectivity index (χ4v) is 9.25. The predicted molar refractivity (Wildman–Crippen MR) is 236 cm³/mol. The number of para-hydroxylation sites is 1. The van der Waals surface area contributed by atoms with Crippen LogP contribution in [-0.4, -0.2) is 4.57 Å². The maximum atomic E-state index is 2.59. The zero-order valence-corrected chi connectivity index (χ0v) is 30.9. The summed E-state index contributed by atoms with van der Waals surface area (Å²) in [4.78, 5) is 2.59. The van der Waals surface area contributed by atoms with E-state index in [1.165, 1.54) is 88.5 Å². The summed E-state index contributed by atoms with van der Waals surface area (Å²) in [6.45, 7) is 0. The van der Waals surface area contributed by atoms with E-state index in [1.807, 2.05) is 0 Å². The third kappa shape index (κ3) is 5.26. The van der Waals surface area contributed by atoms with Crippen molar-refractivity contribution in [2.24, 2.45) is 0 Å². The van der Waals surface area contributed by atoms with Crippen LogP contribution in [0.5, 0.6) is 0 Å². The first-order chi connectivity index (χ1) is 27.8. The van der Waals surface area contributed by atoms with Gasteiger partial charge in [-0.2, -0.15) is 0 Å². The van der Waals surface area contributed by atoms with Crippen LogP contribution in [0.4, 0.5) is 11.4 Å². The van der Waals surface area contributed by atoms with Crippen molar-refractivity contribution in [3.8, 4) is 39.1 Å². The number of rotatable bonds is 6. The molecule has 1 aliphatic carbocycles. The number of fused-ring (bicyclic) bond motifs is 8. The molecule has 264 valence electrons. The van der Waals surface area contributed by atoms with Crippen LogP contribution < -0.4 is 4.90 Å². The molecule has 2 heteroatoms. The van der Waals surface area contributed by atoms with Crippen LogP contribution >= 0.6 is 0 Å². The molecule has 11 rings (SSSR count). The summed E-state index contributed by atoms with van der Waals surface area (Å²) in [5.74, 6) is 0. The molecule has 1 aliphatic rings. The lowest BCUT2D eigenvalue weighted by molar-refractivity contribution is 0.685. The van der Waals surface area contributed by atoms with Crippen LogP contribution in [0, 0.1) is 0 Å². The van der Waals surface area contributed by atoms with E-state index < -0.39 is 0 Å². The third-order valence-electron chi connectivity index (χ3n) is 11.7. The molecule has 1 aromatic heterocycles. The first-order valence-corrected chi connectivity index (χ1v) is 19.5. The van der Waals surface area contributed by atoms with Crippen LogP contribution in [-0.2, 0) is 6.42 Å². The maximum absolute atomic E-state index is 2.59. The minimum absolute atomic E-state index is 0.0875. The molecule has 56 heavy (non-hydrogen) atoms. The topological polar surface area (TPSA) is 8.17 Å². The van der Waals surface area contributed by atoms with Crippen LogP contribution in [0.1, 0.15) is 17.2 Å². The number of aromatic nitrogens is 1. The predicted octanol–water partition coefficient (Wildman–Crippen LogP) is 14.4. The molecule has 0 amide bonds. The molecule has 0 aliphatic heterocycles. The Balaban J connectivity index is 1.14. The maximum Gasteiger partial charge on any atom is 0.0638 e. The van der Waals surface area contributed by atoms with Gasteiger partial charge in [0.15, 0.2) is 0 Å². The van der Waals surface area contributed by atoms with Gasteiger partial charge < -0.3 is 9.47 Å². The fraction of sp³-hybridized carbons (Fsp3) is 0.0370. The number of hydrogen-bond acceptors (Lipinski definition) is 1. The Morgan fingerprint density at radius 1 is 0.429 bits per heavy atom. The van der Waals surface area contributed by atoms with E-state index in [-0.39, 0.29) is 6.04 Å². The minimum atomic E-state index is 0.0875. The van der Waals surface area contributed by atoms with E-state index in [2.05, 4.69) is 222 Å². The largest absolute Gasteiger partial charge is 0.334 e. The van der Waals surface area contributed by atoms with Gasteiger partial charge in [-0.05, 0) is 98.8 Å². The SMILES string of the molecule is c1ccc(-c2cccc(N(c3cccc(-c4cccc5c4c4ccc6ccccc6c4n5-c4ccccc4)c3)C3Cc4ccccc4-c4ccccc43)c2)cc1. The van der Waals surface area contributed by atoms with Crippen LogP contribution in [0.15, 0.2) is 212 Å². The molecule has 0 fully saturated rings. The van der Waals surface area contributed by atoms with Gasteiger partial charge in [0.2, 0.25) is 0 Å². The molecule has 1 unspecified atom stereocenters. The standard InChI is InChI=1S/C54H38N2/c1-3-16-37(17-4-1)39-20-13-24-43(34-39)55(52-36-41-19-8-9-26-45(41)48-28-11-12-29-49(48)52)44-25-14-21-40(35-44)46-30-15-31-51-53(46)50-33-32-38-18-7-10-27-47(38)54(50)56(51)42-22-5-2-6-23-42/h1-35,52H,36H2. The fourth-order valence-electron chi connectivity index (χ4n) is 9.25. The monoisotopic (exact) mass is 714 g/mol. The molecular formula is C54H38N2. The van der Waals surface area contributed by atoms with E-state index in [1.54, 1.807) is 0 Å². The molecule has 1 atom stereocenters. The molecule has 9 aromatic carbocycles. The third-order valence-corrected chi connectivity index (χ3v) is 11.7. The lowest BCUT2D eigenvalue weighted by Gasteiger charge is -2.39. The van der Waals surface area contributed by atoms with Crippen molar-refractivity contribution >= 4 is 44.0 Å². The highest BCUT2D eigenvalue weighted by atomic mass is 15.2. The van der Waals surface area contributed by atoms with Gasteiger partial charge in [-0.1, -0.05) is 170 Å². The highest BCUT2D eigenvalue weighted by molar-refractivity contribution is 6.22. The van der Waals surface area contributed by atoms with Crippen molar-refractivity contribution in [3.05, 3.63) is 223 Å². The van der Waals surface area contributed by atoms with Gasteiger partial charge in [0.05, 0.1) is 17.1 Å². The second-order valence-corrected chi connectivity index (χ2v) is 14.9. The minimum Gasteiger partial charge on any atom is -0.334 e. The van der Waals surface area contributed by atoms with Gasteiger partial charge in [0.1, 0.15) is 0 Å². The van der Waals surface area contributed by atoms with Crippen molar-refractivity contribution in [1.82, 2.24) is 4.57 Å². The summed E-state index contributed by atoms with van der Waals surface area (Å²) in [5.41, 5.74) is 16.2. The van der Waals surface area contributed by atoms with Gasteiger partial charge in [-0.15, -0.1) is 0 Å². The van der Waals surface area contributed by atoms with E-state index in [4.69, 9.17) is 0 Å². The average molecular weight is 715 g/mol. The smallest absolute Gasteiger partial charge is 0.0638 e. The number of nitrogens with zero attached hydrogens (tertiary/aromatic N) is 2. The summed E-state index contributed by atoms with van der Waals surface area (Å²) in [6.07, 6.45) is 0.903. The molecule has 0 saturated carbocycles. The van der Waals surface area contributed by atoms with Gasteiger partial charge in [0, 0.05) is 33.2 Å². The Morgan fingerprint density at radius 3 is 1.89 bits per heavy atom. The molecule has 10 aromatic rings. The quantitative estimate of drug-likeness (QED) is 0.166. The average Bonchev–Trinajstić information content (AvgIpc) is 3.63. The van der Waals surface area contributed by atoms with Gasteiger partial charge in [-0.25, -0.2) is 0 Å². The van der Waals surface area contributed by atoms with Crippen molar-refractivity contribution in [1.29, 1.82) is 0 Å². The summed E-state index contributed by atoms with van der Waals surface area (Å²) < 4.78 is 2.46. The summed E-state index contributed by atoms with van der Waals surface area (Å²) in [6, 6.07) is 78.0. The highest BCUT2D eigenvalue weighted by Gasteiger charge is 2.31. The van der Waals surface area contributed by atoms with Crippen molar-refractivity contribution in [3.63, 3.8) is 0 Å². The summed E-state index contributed by atoms with van der Waals surface area (Å²) in [5, 5.41) is 5.02. The Kier molecular flexibility index (Phi) is 7.67. The Hall–Kier alpha value is -7.16. The zero-order chi connectivity index (χ0) is 37.0. The molecule has 0 radical (unpaired) electrons. The molecule has 2 nitrogen and oxygen atoms in total. The molecule has 0 saturated heterocycles. The molecule has 1 heterocycles. The normalized spacial score (nSPS) is 13.5. The molecular weight excluding hydrogens is 677 g/mol. The number of benzene rings is 9. The summed E-state index contributed by atoms with van der Waals surface area (Å²) in [7, 11) is 0. The van der Waals surface area contributed by atoms with E-state index >= 15 is 0 Å². The highest BCUT2D eigenvalue weighted by Crippen LogP contribution is 2.48. The van der Waals surface area contributed by atoms with Crippen LogP contribution in [0.2, 0.25) is 0 Å². The van der Waals surface area contributed by atoms with E-state index in [0.717, 1.165) is 12.1 Å². The summed E-state index contributed by atoms with van der Waals surface area (Å²) >= 11 is 0. The first kappa shape index (κ1) is 32.3. The van der Waals surface area contributed by atoms with E-state index in [0.29, 0.717) is 0 Å². The Bertz CT molecular complexity index is 3070.